The van der Waals surface area contributed by atoms with Gasteiger partial charge in [0.2, 0.25) is 0 Å². The molecule has 15 heavy (non-hydrogen) atoms. The zero-order chi connectivity index (χ0) is 10.7. The third-order valence-electron chi connectivity index (χ3n) is 2.52. The fourth-order valence-corrected chi connectivity index (χ4v) is 1.79. The lowest BCUT2D eigenvalue weighted by Crippen LogP contribution is -2.33. The van der Waals surface area contributed by atoms with Crippen molar-refractivity contribution in [3.05, 3.63) is 22.7 Å². The summed E-state index contributed by atoms with van der Waals surface area (Å²) in [5.74, 6) is 0.637. The molecule has 1 aromatic rings. The van der Waals surface area contributed by atoms with Crippen molar-refractivity contribution in [2.45, 2.75) is 31.9 Å². The highest BCUT2D eigenvalue weighted by molar-refractivity contribution is 5.33. The van der Waals surface area contributed by atoms with Crippen LogP contribution in [0.2, 0.25) is 0 Å². The van der Waals surface area contributed by atoms with Gasteiger partial charge in [-0.3, -0.25) is 4.79 Å². The number of ether oxygens (including phenoxy) is 1. The van der Waals surface area contributed by atoms with Crippen molar-refractivity contribution >= 4 is 5.82 Å². The maximum absolute atomic E-state index is 11.0. The van der Waals surface area contributed by atoms with Gasteiger partial charge in [0, 0.05) is 18.7 Å². The summed E-state index contributed by atoms with van der Waals surface area (Å²) in [6.45, 7) is 2.82. The maximum Gasteiger partial charge on any atom is 0.252 e. The van der Waals surface area contributed by atoms with Gasteiger partial charge in [0.15, 0.2) is 0 Å². The van der Waals surface area contributed by atoms with E-state index in [2.05, 4.69) is 22.2 Å². The standard InChI is InChI=1S/C10H15N3O2/c1-7-4-8(2-3-15-7)13-9-5-10(14)12-6-11-9/h5-8H,2-4H2,1H3,(H2,11,12,13,14). The minimum absolute atomic E-state index is 0.132. The molecule has 2 rings (SSSR count). The molecule has 0 bridgehead atoms. The highest BCUT2D eigenvalue weighted by Gasteiger charge is 2.19. The van der Waals surface area contributed by atoms with Gasteiger partial charge in [-0.1, -0.05) is 0 Å². The molecular formula is C10H15N3O2. The van der Waals surface area contributed by atoms with Gasteiger partial charge in [-0.2, -0.15) is 0 Å². The number of H-pyrrole nitrogens is 1. The molecule has 5 nitrogen and oxygen atoms in total. The van der Waals surface area contributed by atoms with Crippen LogP contribution in [-0.2, 0) is 4.74 Å². The number of nitrogens with zero attached hydrogens (tertiary/aromatic N) is 1. The molecule has 1 aliphatic heterocycles. The quantitative estimate of drug-likeness (QED) is 0.754. The van der Waals surface area contributed by atoms with Crippen LogP contribution in [0.5, 0.6) is 0 Å². The van der Waals surface area contributed by atoms with Crippen LogP contribution in [0.4, 0.5) is 5.82 Å². The summed E-state index contributed by atoms with van der Waals surface area (Å²) in [7, 11) is 0. The first kappa shape index (κ1) is 10.2. The number of rotatable bonds is 2. The van der Waals surface area contributed by atoms with Crippen LogP contribution >= 0.6 is 0 Å². The molecule has 82 valence electrons. The highest BCUT2D eigenvalue weighted by atomic mass is 16.5. The summed E-state index contributed by atoms with van der Waals surface area (Å²) in [4.78, 5) is 17.6. The molecule has 2 heterocycles. The molecule has 0 aliphatic carbocycles. The van der Waals surface area contributed by atoms with Gasteiger partial charge in [-0.25, -0.2) is 4.98 Å². The third-order valence-corrected chi connectivity index (χ3v) is 2.52. The van der Waals surface area contributed by atoms with E-state index in [0.717, 1.165) is 19.4 Å². The van der Waals surface area contributed by atoms with Crippen molar-refractivity contribution in [3.8, 4) is 0 Å². The number of aromatic nitrogens is 2. The molecule has 1 fully saturated rings. The lowest BCUT2D eigenvalue weighted by atomic mass is 10.0. The zero-order valence-electron chi connectivity index (χ0n) is 8.69. The van der Waals surface area contributed by atoms with Crippen LogP contribution < -0.4 is 10.9 Å². The Kier molecular flexibility index (Phi) is 3.01. The lowest BCUT2D eigenvalue weighted by Gasteiger charge is -2.28. The molecule has 0 radical (unpaired) electrons. The molecule has 2 atom stereocenters. The number of anilines is 1. The van der Waals surface area contributed by atoms with E-state index in [-0.39, 0.29) is 11.7 Å². The monoisotopic (exact) mass is 209 g/mol. The predicted molar refractivity (Wildman–Crippen MR) is 56.9 cm³/mol. The maximum atomic E-state index is 11.0. The second-order valence-electron chi connectivity index (χ2n) is 3.84. The van der Waals surface area contributed by atoms with Crippen LogP contribution in [-0.4, -0.2) is 28.7 Å². The van der Waals surface area contributed by atoms with E-state index in [4.69, 9.17) is 4.74 Å². The summed E-state index contributed by atoms with van der Waals surface area (Å²) >= 11 is 0. The lowest BCUT2D eigenvalue weighted by molar-refractivity contribution is 0.0232. The number of aromatic amines is 1. The fraction of sp³-hybridized carbons (Fsp3) is 0.600. The van der Waals surface area contributed by atoms with E-state index >= 15 is 0 Å². The normalized spacial score (nSPS) is 26.2. The molecule has 1 aliphatic rings. The van der Waals surface area contributed by atoms with E-state index in [1.54, 1.807) is 0 Å². The molecule has 5 heteroatoms. The molecule has 2 N–H and O–H groups in total. The van der Waals surface area contributed by atoms with Crippen molar-refractivity contribution in [3.63, 3.8) is 0 Å². The van der Waals surface area contributed by atoms with E-state index in [9.17, 15) is 4.79 Å². The Bertz CT molecular complexity index is 377. The van der Waals surface area contributed by atoms with Crippen LogP contribution in [0.3, 0.4) is 0 Å². The molecule has 0 aromatic carbocycles. The van der Waals surface area contributed by atoms with Crippen LogP contribution in [0, 0.1) is 0 Å². The molecule has 1 aromatic heterocycles. The van der Waals surface area contributed by atoms with Gasteiger partial charge in [-0.15, -0.1) is 0 Å². The van der Waals surface area contributed by atoms with Gasteiger partial charge in [0.1, 0.15) is 5.82 Å². The Morgan fingerprint density at radius 3 is 3.27 bits per heavy atom. The second-order valence-corrected chi connectivity index (χ2v) is 3.84. The van der Waals surface area contributed by atoms with Gasteiger partial charge < -0.3 is 15.0 Å². The first-order valence-electron chi connectivity index (χ1n) is 5.17. The van der Waals surface area contributed by atoms with Crippen LogP contribution in [0.15, 0.2) is 17.2 Å². The summed E-state index contributed by atoms with van der Waals surface area (Å²) in [6, 6.07) is 1.82. The van der Waals surface area contributed by atoms with E-state index < -0.39 is 0 Å². The van der Waals surface area contributed by atoms with Gasteiger partial charge in [0.25, 0.3) is 5.56 Å². The summed E-state index contributed by atoms with van der Waals surface area (Å²) in [6.07, 6.45) is 3.60. The van der Waals surface area contributed by atoms with Crippen LogP contribution in [0.25, 0.3) is 0 Å². The highest BCUT2D eigenvalue weighted by Crippen LogP contribution is 2.16. The summed E-state index contributed by atoms with van der Waals surface area (Å²) in [5.41, 5.74) is -0.132. The number of nitrogens with one attached hydrogen (secondary N) is 2. The largest absolute Gasteiger partial charge is 0.378 e. The number of hydrogen-bond acceptors (Lipinski definition) is 4. The Morgan fingerprint density at radius 1 is 1.67 bits per heavy atom. The van der Waals surface area contributed by atoms with Crippen molar-refractivity contribution in [2.24, 2.45) is 0 Å². The van der Waals surface area contributed by atoms with Gasteiger partial charge in [-0.05, 0) is 19.8 Å². The Hall–Kier alpha value is -1.36. The average molecular weight is 209 g/mol. The van der Waals surface area contributed by atoms with Crippen molar-refractivity contribution in [1.29, 1.82) is 0 Å². The molecular weight excluding hydrogens is 194 g/mol. The second kappa shape index (κ2) is 4.44. The SMILES string of the molecule is CC1CC(Nc2cc(=O)[nH]cn2)CCO1. The smallest absolute Gasteiger partial charge is 0.252 e. The molecule has 0 amide bonds. The Balaban J connectivity index is 1.99. The molecule has 2 unspecified atom stereocenters. The first-order chi connectivity index (χ1) is 7.24. The predicted octanol–water partition coefficient (Wildman–Crippen LogP) is 0.749. The van der Waals surface area contributed by atoms with Crippen molar-refractivity contribution in [1.82, 2.24) is 9.97 Å². The van der Waals surface area contributed by atoms with Gasteiger partial charge >= 0.3 is 0 Å². The third kappa shape index (κ3) is 2.79. The first-order valence-corrected chi connectivity index (χ1v) is 5.17. The molecule has 0 saturated carbocycles. The Labute approximate surface area is 87.9 Å². The minimum Gasteiger partial charge on any atom is -0.378 e. The summed E-state index contributed by atoms with van der Waals surface area (Å²) in [5, 5.41) is 3.24. The van der Waals surface area contributed by atoms with E-state index in [1.807, 2.05) is 0 Å². The van der Waals surface area contributed by atoms with E-state index in [1.165, 1.54) is 12.4 Å². The van der Waals surface area contributed by atoms with Crippen LogP contribution in [0.1, 0.15) is 19.8 Å². The van der Waals surface area contributed by atoms with Gasteiger partial charge in [0.05, 0.1) is 12.4 Å². The Morgan fingerprint density at radius 2 is 2.53 bits per heavy atom. The zero-order valence-corrected chi connectivity index (χ0v) is 8.69. The topological polar surface area (TPSA) is 67.0 Å². The van der Waals surface area contributed by atoms with Crippen molar-refractivity contribution < 1.29 is 4.74 Å². The van der Waals surface area contributed by atoms with E-state index in [0.29, 0.717) is 11.9 Å². The fourth-order valence-electron chi connectivity index (χ4n) is 1.79. The average Bonchev–Trinajstić information content (AvgIpc) is 2.17. The van der Waals surface area contributed by atoms with Crippen molar-refractivity contribution in [2.75, 3.05) is 11.9 Å². The number of hydrogen-bond donors (Lipinski definition) is 2. The summed E-state index contributed by atoms with van der Waals surface area (Å²) < 4.78 is 5.44. The molecule has 1 saturated heterocycles. The minimum atomic E-state index is -0.132. The molecule has 0 spiro atoms.